The summed E-state index contributed by atoms with van der Waals surface area (Å²) < 4.78 is 7.15. The number of methoxy groups -OCH3 is 1. The SMILES string of the molecule is COc1cccc2c1cc(C(N)=O)n2[C@@H](CC(C)C)C(=O)CN(CC#N)C[C@@H]1CCNC1=O. The lowest BCUT2D eigenvalue weighted by Crippen LogP contribution is -2.40. The van der Waals surface area contributed by atoms with Crippen LogP contribution in [0.4, 0.5) is 0 Å². The molecule has 2 aromatic rings. The molecule has 9 heteroatoms. The number of benzene rings is 1. The zero-order chi connectivity index (χ0) is 24.1. The standard InChI is InChI=1S/C24H31N5O4/c1-15(2)11-19(21(30)14-28(10-8-25)13-16-7-9-27-24(16)32)29-18-5-4-6-22(33-3)17(18)12-20(29)23(26)31/h4-6,12,15-16,19H,7,9-11,13-14H2,1-3H3,(H2,26,31)(H,27,32)/t16-,19-/m0/s1. The Hall–Kier alpha value is -3.38. The first-order chi connectivity index (χ1) is 15.8. The Kier molecular flexibility index (Phi) is 7.71. The molecule has 2 heterocycles. The Balaban J connectivity index is 1.99. The highest BCUT2D eigenvalue weighted by Gasteiger charge is 2.31. The molecular weight excluding hydrogens is 422 g/mol. The van der Waals surface area contributed by atoms with E-state index < -0.39 is 11.9 Å². The molecule has 0 saturated carbocycles. The number of carbonyl (C=O) groups is 3. The third-order valence-electron chi connectivity index (χ3n) is 6.01. The van der Waals surface area contributed by atoms with E-state index in [-0.39, 0.29) is 42.3 Å². The maximum Gasteiger partial charge on any atom is 0.265 e. The second-order valence-corrected chi connectivity index (χ2v) is 8.87. The largest absolute Gasteiger partial charge is 0.496 e. The fraction of sp³-hybridized carbons (Fsp3) is 0.500. The molecule has 33 heavy (non-hydrogen) atoms. The molecule has 176 valence electrons. The van der Waals surface area contributed by atoms with E-state index in [1.165, 1.54) is 0 Å². The summed E-state index contributed by atoms with van der Waals surface area (Å²) in [5.74, 6) is -0.321. The molecular formula is C24H31N5O4. The van der Waals surface area contributed by atoms with Crippen molar-refractivity contribution < 1.29 is 19.1 Å². The van der Waals surface area contributed by atoms with Crippen molar-refractivity contribution in [1.29, 1.82) is 5.26 Å². The van der Waals surface area contributed by atoms with Crippen molar-refractivity contribution in [2.75, 3.05) is 33.3 Å². The molecule has 0 unspecified atom stereocenters. The van der Waals surface area contributed by atoms with Gasteiger partial charge >= 0.3 is 0 Å². The molecule has 2 amide bonds. The second kappa shape index (κ2) is 10.5. The summed E-state index contributed by atoms with van der Waals surface area (Å²) in [5.41, 5.74) is 6.62. The van der Waals surface area contributed by atoms with Crippen molar-refractivity contribution in [1.82, 2.24) is 14.8 Å². The highest BCUT2D eigenvalue weighted by molar-refractivity contribution is 6.01. The number of hydrogen-bond donors (Lipinski definition) is 2. The number of nitriles is 1. The summed E-state index contributed by atoms with van der Waals surface area (Å²) in [6.07, 6.45) is 1.17. The number of nitrogens with zero attached hydrogens (tertiary/aromatic N) is 3. The number of fused-ring (bicyclic) bond motifs is 1. The van der Waals surface area contributed by atoms with E-state index in [1.54, 1.807) is 34.8 Å². The van der Waals surface area contributed by atoms with Crippen LogP contribution in [0.5, 0.6) is 5.75 Å². The third-order valence-corrected chi connectivity index (χ3v) is 6.01. The van der Waals surface area contributed by atoms with Crippen LogP contribution < -0.4 is 15.8 Å². The molecule has 2 atom stereocenters. The number of nitrogens with one attached hydrogen (secondary N) is 1. The average Bonchev–Trinajstić information content (AvgIpc) is 3.35. The van der Waals surface area contributed by atoms with Gasteiger partial charge in [-0.25, -0.2) is 0 Å². The van der Waals surface area contributed by atoms with E-state index in [2.05, 4.69) is 11.4 Å². The summed E-state index contributed by atoms with van der Waals surface area (Å²) in [6, 6.07) is 8.53. The van der Waals surface area contributed by atoms with Crippen LogP contribution in [0, 0.1) is 23.2 Å². The molecule has 3 N–H and O–H groups in total. The van der Waals surface area contributed by atoms with E-state index in [0.717, 1.165) is 0 Å². The number of nitrogens with two attached hydrogens (primary N) is 1. The van der Waals surface area contributed by atoms with Crippen LogP contribution in [-0.4, -0.2) is 60.4 Å². The number of carbonyl (C=O) groups excluding carboxylic acids is 3. The molecule has 1 aliphatic heterocycles. The summed E-state index contributed by atoms with van der Waals surface area (Å²) in [5, 5.41) is 12.8. The summed E-state index contributed by atoms with van der Waals surface area (Å²) in [6.45, 7) is 4.98. The lowest BCUT2D eigenvalue weighted by atomic mass is 9.98. The van der Waals surface area contributed by atoms with Gasteiger partial charge in [-0.2, -0.15) is 5.26 Å². The van der Waals surface area contributed by atoms with Gasteiger partial charge in [-0.05, 0) is 37.0 Å². The lowest BCUT2D eigenvalue weighted by Gasteiger charge is -2.27. The number of ketones is 1. The van der Waals surface area contributed by atoms with Crippen molar-refractivity contribution in [2.45, 2.75) is 32.7 Å². The minimum Gasteiger partial charge on any atom is -0.496 e. The van der Waals surface area contributed by atoms with Crippen molar-refractivity contribution in [3.8, 4) is 11.8 Å². The first-order valence-electron chi connectivity index (χ1n) is 11.1. The molecule has 0 aliphatic carbocycles. The van der Waals surface area contributed by atoms with Gasteiger partial charge in [0, 0.05) is 18.5 Å². The van der Waals surface area contributed by atoms with Gasteiger partial charge < -0.3 is 20.4 Å². The molecule has 1 fully saturated rings. The van der Waals surface area contributed by atoms with Gasteiger partial charge in [0.2, 0.25) is 5.91 Å². The average molecular weight is 454 g/mol. The molecule has 1 saturated heterocycles. The van der Waals surface area contributed by atoms with Crippen molar-refractivity contribution >= 4 is 28.5 Å². The smallest absolute Gasteiger partial charge is 0.265 e. The first kappa shape index (κ1) is 24.3. The number of primary amides is 1. The summed E-state index contributed by atoms with van der Waals surface area (Å²) in [4.78, 5) is 39.7. The fourth-order valence-corrected chi connectivity index (χ4v) is 4.50. The van der Waals surface area contributed by atoms with Crippen LogP contribution in [0.3, 0.4) is 0 Å². The zero-order valence-electron chi connectivity index (χ0n) is 19.3. The number of ether oxygens (including phenoxy) is 1. The fourth-order valence-electron chi connectivity index (χ4n) is 4.50. The van der Waals surface area contributed by atoms with E-state index in [0.29, 0.717) is 42.6 Å². The predicted octanol–water partition coefficient (Wildman–Crippen LogP) is 1.87. The molecule has 1 aliphatic rings. The van der Waals surface area contributed by atoms with Crippen LogP contribution in [0.2, 0.25) is 0 Å². The molecule has 9 nitrogen and oxygen atoms in total. The Morgan fingerprint density at radius 2 is 2.15 bits per heavy atom. The van der Waals surface area contributed by atoms with Gasteiger partial charge in [0.15, 0.2) is 5.78 Å². The number of hydrogen-bond acceptors (Lipinski definition) is 6. The number of rotatable bonds is 11. The van der Waals surface area contributed by atoms with Crippen LogP contribution in [0.25, 0.3) is 10.9 Å². The highest BCUT2D eigenvalue weighted by Crippen LogP contribution is 2.33. The molecule has 1 aromatic carbocycles. The third kappa shape index (κ3) is 5.34. The molecule has 0 radical (unpaired) electrons. The van der Waals surface area contributed by atoms with Crippen molar-refractivity contribution in [3.63, 3.8) is 0 Å². The van der Waals surface area contributed by atoms with E-state index in [1.807, 2.05) is 19.9 Å². The number of Topliss-reactive ketones (excluding diaryl/α,β-unsaturated/α-hetero) is 1. The Morgan fingerprint density at radius 3 is 2.73 bits per heavy atom. The first-order valence-corrected chi connectivity index (χ1v) is 11.1. The molecule has 0 spiro atoms. The minimum absolute atomic E-state index is 0.00340. The van der Waals surface area contributed by atoms with Crippen LogP contribution in [0.1, 0.15) is 43.2 Å². The van der Waals surface area contributed by atoms with Crippen molar-refractivity contribution in [3.05, 3.63) is 30.0 Å². The van der Waals surface area contributed by atoms with Gasteiger partial charge in [0.25, 0.3) is 5.91 Å². The van der Waals surface area contributed by atoms with Gasteiger partial charge in [-0.15, -0.1) is 0 Å². The number of aromatic nitrogens is 1. The van der Waals surface area contributed by atoms with Gasteiger partial charge in [0.05, 0.1) is 43.7 Å². The van der Waals surface area contributed by atoms with E-state index >= 15 is 0 Å². The van der Waals surface area contributed by atoms with Gasteiger partial charge in [-0.3, -0.25) is 19.3 Å². The molecule has 3 rings (SSSR count). The zero-order valence-corrected chi connectivity index (χ0v) is 19.3. The Bertz CT molecular complexity index is 1080. The maximum absolute atomic E-state index is 13.6. The van der Waals surface area contributed by atoms with E-state index in [4.69, 9.17) is 10.5 Å². The predicted molar refractivity (Wildman–Crippen MR) is 124 cm³/mol. The van der Waals surface area contributed by atoms with E-state index in [9.17, 15) is 19.6 Å². The maximum atomic E-state index is 13.6. The van der Waals surface area contributed by atoms with Crippen LogP contribution in [-0.2, 0) is 9.59 Å². The van der Waals surface area contributed by atoms with Gasteiger partial charge in [0.1, 0.15) is 11.4 Å². The molecule has 1 aromatic heterocycles. The normalized spacial score (nSPS) is 16.7. The second-order valence-electron chi connectivity index (χ2n) is 8.87. The van der Waals surface area contributed by atoms with Crippen LogP contribution in [0.15, 0.2) is 24.3 Å². The lowest BCUT2D eigenvalue weighted by molar-refractivity contribution is -0.126. The Morgan fingerprint density at radius 1 is 1.39 bits per heavy atom. The quantitative estimate of drug-likeness (QED) is 0.500. The van der Waals surface area contributed by atoms with Crippen molar-refractivity contribution in [2.24, 2.45) is 17.6 Å². The Labute approximate surface area is 193 Å². The molecule has 0 bridgehead atoms. The summed E-state index contributed by atoms with van der Waals surface area (Å²) >= 11 is 0. The monoisotopic (exact) mass is 453 g/mol. The topological polar surface area (TPSA) is 130 Å². The minimum atomic E-state index is -0.657. The number of amides is 2. The van der Waals surface area contributed by atoms with Crippen LogP contribution >= 0.6 is 0 Å². The summed E-state index contributed by atoms with van der Waals surface area (Å²) in [7, 11) is 1.55. The highest BCUT2D eigenvalue weighted by atomic mass is 16.5. The van der Waals surface area contributed by atoms with Gasteiger partial charge in [-0.1, -0.05) is 19.9 Å².